The number of nitrogens with one attached hydrogen (secondary N) is 1. The van der Waals surface area contributed by atoms with E-state index in [0.717, 1.165) is 60.3 Å². The number of pyridine rings is 1. The third-order valence-corrected chi connectivity index (χ3v) is 5.90. The van der Waals surface area contributed by atoms with Gasteiger partial charge in [0.1, 0.15) is 5.82 Å². The van der Waals surface area contributed by atoms with Gasteiger partial charge >= 0.3 is 5.97 Å². The molecular formula is C23H24N6O2. The second-order valence-corrected chi connectivity index (χ2v) is 7.96. The Kier molecular flexibility index (Phi) is 5.21. The monoisotopic (exact) mass is 416 g/mol. The molecule has 1 saturated heterocycles. The summed E-state index contributed by atoms with van der Waals surface area (Å²) in [6.07, 6.45) is 8.22. The molecule has 1 unspecified atom stereocenters. The van der Waals surface area contributed by atoms with Crippen LogP contribution in [0.3, 0.4) is 0 Å². The maximum atomic E-state index is 11.1. The first-order chi connectivity index (χ1) is 15.2. The number of para-hydroxylation sites is 1. The Hall–Kier alpha value is -3.52. The van der Waals surface area contributed by atoms with E-state index in [9.17, 15) is 4.79 Å². The summed E-state index contributed by atoms with van der Waals surface area (Å²) in [5, 5.41) is 15.1. The number of fused-ring (bicyclic) bond motifs is 1. The fraction of sp³-hybridized carbons (Fsp3) is 0.304. The Labute approximate surface area is 179 Å². The highest BCUT2D eigenvalue weighted by atomic mass is 16.4. The third-order valence-electron chi connectivity index (χ3n) is 5.90. The number of rotatable bonds is 5. The first-order valence-electron chi connectivity index (χ1n) is 10.6. The first kappa shape index (κ1) is 19.4. The number of hydrogen-bond donors (Lipinski definition) is 2. The lowest BCUT2D eigenvalue weighted by Gasteiger charge is -2.17. The fourth-order valence-corrected chi connectivity index (χ4v) is 4.39. The highest BCUT2D eigenvalue weighted by Gasteiger charge is 2.26. The van der Waals surface area contributed by atoms with Crippen LogP contribution in [0.25, 0.3) is 28.0 Å². The van der Waals surface area contributed by atoms with Crippen LogP contribution >= 0.6 is 0 Å². The molecule has 5 rings (SSSR count). The molecule has 4 aromatic rings. The van der Waals surface area contributed by atoms with Crippen molar-refractivity contribution in [3.63, 3.8) is 0 Å². The molecule has 2 N–H and O–H groups in total. The van der Waals surface area contributed by atoms with Crippen LogP contribution in [-0.2, 0) is 4.79 Å². The quantitative estimate of drug-likeness (QED) is 0.517. The fourth-order valence-electron chi connectivity index (χ4n) is 4.39. The summed E-state index contributed by atoms with van der Waals surface area (Å²) in [5.74, 6) is 1.01. The van der Waals surface area contributed by atoms with E-state index in [1.54, 1.807) is 12.4 Å². The molecule has 8 heteroatoms. The SMILES string of the molecule is O=C(O)CN1CCCC(c2nc(-c3c[nH]c4ccccc34)nn2-c2cccnc2)CC1. The highest BCUT2D eigenvalue weighted by Crippen LogP contribution is 2.32. The van der Waals surface area contributed by atoms with Crippen molar-refractivity contribution < 1.29 is 9.90 Å². The number of H-pyrrole nitrogens is 1. The molecule has 4 heterocycles. The van der Waals surface area contributed by atoms with Gasteiger partial charge in [-0.3, -0.25) is 14.7 Å². The molecule has 158 valence electrons. The van der Waals surface area contributed by atoms with E-state index in [2.05, 4.69) is 16.0 Å². The van der Waals surface area contributed by atoms with Crippen LogP contribution in [0.1, 0.15) is 31.0 Å². The van der Waals surface area contributed by atoms with E-state index < -0.39 is 5.97 Å². The van der Waals surface area contributed by atoms with Crippen LogP contribution in [0.4, 0.5) is 0 Å². The van der Waals surface area contributed by atoms with Crippen molar-refractivity contribution in [2.45, 2.75) is 25.2 Å². The molecule has 0 bridgehead atoms. The predicted octanol–water partition coefficient (Wildman–Crippen LogP) is 3.46. The van der Waals surface area contributed by atoms with Gasteiger partial charge in [-0.2, -0.15) is 0 Å². The summed E-state index contributed by atoms with van der Waals surface area (Å²) in [5.41, 5.74) is 2.90. The zero-order chi connectivity index (χ0) is 21.2. The Bertz CT molecular complexity index is 1200. The molecule has 1 atom stereocenters. The van der Waals surface area contributed by atoms with Crippen LogP contribution in [0.2, 0.25) is 0 Å². The molecule has 0 radical (unpaired) electrons. The molecule has 0 amide bonds. The topological polar surface area (TPSA) is 99.9 Å². The minimum Gasteiger partial charge on any atom is -0.480 e. The largest absolute Gasteiger partial charge is 0.480 e. The normalized spacial score (nSPS) is 17.6. The van der Waals surface area contributed by atoms with Crippen molar-refractivity contribution in [1.82, 2.24) is 29.6 Å². The van der Waals surface area contributed by atoms with Gasteiger partial charge < -0.3 is 10.1 Å². The number of aromatic nitrogens is 5. The second-order valence-electron chi connectivity index (χ2n) is 7.96. The summed E-state index contributed by atoms with van der Waals surface area (Å²) >= 11 is 0. The van der Waals surface area contributed by atoms with E-state index in [1.807, 2.05) is 46.1 Å². The van der Waals surface area contributed by atoms with Crippen LogP contribution in [0.15, 0.2) is 55.0 Å². The van der Waals surface area contributed by atoms with Crippen molar-refractivity contribution in [2.24, 2.45) is 0 Å². The van der Waals surface area contributed by atoms with E-state index in [-0.39, 0.29) is 12.5 Å². The molecule has 1 aliphatic rings. The molecule has 0 spiro atoms. The summed E-state index contributed by atoms with van der Waals surface area (Å²) in [6, 6.07) is 12.0. The number of carboxylic acid groups (broad SMARTS) is 1. The second kappa shape index (κ2) is 8.31. The van der Waals surface area contributed by atoms with Crippen molar-refractivity contribution >= 4 is 16.9 Å². The number of benzene rings is 1. The average molecular weight is 416 g/mol. The van der Waals surface area contributed by atoms with Gasteiger partial charge in [0.15, 0.2) is 5.82 Å². The predicted molar refractivity (Wildman–Crippen MR) is 117 cm³/mol. The summed E-state index contributed by atoms with van der Waals surface area (Å²) in [4.78, 5) is 25.7. The Morgan fingerprint density at radius 1 is 1.16 bits per heavy atom. The molecule has 1 aliphatic heterocycles. The van der Waals surface area contributed by atoms with Gasteiger partial charge in [-0.05, 0) is 50.6 Å². The van der Waals surface area contributed by atoms with E-state index in [0.29, 0.717) is 5.82 Å². The van der Waals surface area contributed by atoms with Crippen molar-refractivity contribution in [3.8, 4) is 17.1 Å². The number of aliphatic carboxylic acids is 1. The summed E-state index contributed by atoms with van der Waals surface area (Å²) < 4.78 is 1.90. The first-order valence-corrected chi connectivity index (χ1v) is 10.6. The van der Waals surface area contributed by atoms with Gasteiger partial charge in [0.2, 0.25) is 0 Å². The van der Waals surface area contributed by atoms with Crippen molar-refractivity contribution in [2.75, 3.05) is 19.6 Å². The smallest absolute Gasteiger partial charge is 0.317 e. The third kappa shape index (κ3) is 3.94. The Morgan fingerprint density at radius 2 is 2.06 bits per heavy atom. The molecule has 0 aliphatic carbocycles. The number of likely N-dealkylation sites (tertiary alicyclic amines) is 1. The van der Waals surface area contributed by atoms with Gasteiger partial charge in [0.05, 0.1) is 18.4 Å². The zero-order valence-electron chi connectivity index (χ0n) is 17.1. The van der Waals surface area contributed by atoms with Crippen LogP contribution in [-0.4, -0.2) is 60.3 Å². The number of nitrogens with zero attached hydrogens (tertiary/aromatic N) is 5. The van der Waals surface area contributed by atoms with Gasteiger partial charge in [-0.1, -0.05) is 18.2 Å². The van der Waals surface area contributed by atoms with Crippen LogP contribution in [0.5, 0.6) is 0 Å². The molecule has 31 heavy (non-hydrogen) atoms. The van der Waals surface area contributed by atoms with Gasteiger partial charge in [-0.15, -0.1) is 5.10 Å². The molecule has 0 saturated carbocycles. The Morgan fingerprint density at radius 3 is 2.90 bits per heavy atom. The van der Waals surface area contributed by atoms with Gasteiger partial charge in [-0.25, -0.2) is 9.67 Å². The lowest BCUT2D eigenvalue weighted by molar-refractivity contribution is -0.138. The van der Waals surface area contributed by atoms with Crippen molar-refractivity contribution in [3.05, 3.63) is 60.8 Å². The minimum atomic E-state index is -0.779. The average Bonchev–Trinajstić information content (AvgIpc) is 3.34. The summed E-state index contributed by atoms with van der Waals surface area (Å²) in [6.45, 7) is 1.61. The maximum absolute atomic E-state index is 11.1. The molecular weight excluding hydrogens is 392 g/mol. The Balaban J connectivity index is 1.54. The summed E-state index contributed by atoms with van der Waals surface area (Å²) in [7, 11) is 0. The van der Waals surface area contributed by atoms with E-state index in [4.69, 9.17) is 15.2 Å². The number of carbonyl (C=O) groups is 1. The standard InChI is InChI=1S/C23H24N6O2/c30-21(31)15-28-11-4-5-16(9-12-28)23-26-22(27-29(23)17-6-3-10-24-13-17)19-14-25-20-8-2-1-7-18(19)20/h1-3,6-8,10,13-14,16,25H,4-5,9,11-12,15H2,(H,30,31). The number of hydrogen-bond acceptors (Lipinski definition) is 5. The van der Waals surface area contributed by atoms with Gasteiger partial charge in [0.25, 0.3) is 0 Å². The lowest BCUT2D eigenvalue weighted by atomic mass is 10.00. The molecule has 1 aromatic carbocycles. The zero-order valence-corrected chi connectivity index (χ0v) is 17.1. The van der Waals surface area contributed by atoms with Crippen molar-refractivity contribution in [1.29, 1.82) is 0 Å². The van der Waals surface area contributed by atoms with E-state index >= 15 is 0 Å². The number of carboxylic acids is 1. The van der Waals surface area contributed by atoms with E-state index in [1.165, 1.54) is 0 Å². The molecule has 1 fully saturated rings. The maximum Gasteiger partial charge on any atom is 0.317 e. The molecule has 3 aromatic heterocycles. The van der Waals surface area contributed by atoms with Gasteiger partial charge in [0, 0.05) is 34.8 Å². The van der Waals surface area contributed by atoms with Crippen LogP contribution in [0, 0.1) is 0 Å². The minimum absolute atomic E-state index is 0.0859. The lowest BCUT2D eigenvalue weighted by Crippen LogP contribution is -2.30. The highest BCUT2D eigenvalue weighted by molar-refractivity contribution is 5.93. The number of aromatic amines is 1. The molecule has 8 nitrogen and oxygen atoms in total. The van der Waals surface area contributed by atoms with Crippen LogP contribution < -0.4 is 0 Å².